The zero-order chi connectivity index (χ0) is 19.8. The van der Waals surface area contributed by atoms with E-state index in [4.69, 9.17) is 4.74 Å². The van der Waals surface area contributed by atoms with E-state index in [1.165, 1.54) is 10.6 Å². The number of carbonyl (C=O) groups is 1. The first kappa shape index (κ1) is 19.4. The molecule has 1 spiro atoms. The Hall–Kier alpha value is -1.96. The topological polar surface area (TPSA) is 66.9 Å². The minimum atomic E-state index is -3.19. The number of hydrogen-bond donors (Lipinski definition) is 0. The van der Waals surface area contributed by atoms with Crippen molar-refractivity contribution in [3.05, 3.63) is 48.0 Å². The van der Waals surface area contributed by atoms with Gasteiger partial charge in [-0.05, 0) is 29.2 Å². The van der Waals surface area contributed by atoms with E-state index in [2.05, 4.69) is 24.3 Å². The number of ether oxygens (including phenoxy) is 1. The molecule has 2 aliphatic rings. The molecule has 2 fully saturated rings. The molecule has 2 aromatic rings. The normalized spacial score (nSPS) is 21.2. The summed E-state index contributed by atoms with van der Waals surface area (Å²) in [5.41, 5.74) is 0.662. The Morgan fingerprint density at radius 3 is 2.54 bits per heavy atom. The number of hydrogen-bond acceptors (Lipinski definition) is 4. The molecule has 0 aromatic heterocycles. The quantitative estimate of drug-likeness (QED) is 0.791. The van der Waals surface area contributed by atoms with Crippen LogP contribution in [0.3, 0.4) is 0 Å². The van der Waals surface area contributed by atoms with E-state index < -0.39 is 15.6 Å². The first-order chi connectivity index (χ1) is 13.4. The van der Waals surface area contributed by atoms with E-state index in [0.29, 0.717) is 52.0 Å². The molecule has 2 heterocycles. The maximum absolute atomic E-state index is 12.7. The highest BCUT2D eigenvalue weighted by Crippen LogP contribution is 2.32. The van der Waals surface area contributed by atoms with Gasteiger partial charge in [0.15, 0.2) is 0 Å². The van der Waals surface area contributed by atoms with Gasteiger partial charge in [-0.2, -0.15) is 0 Å². The molecule has 0 N–H and O–H groups in total. The molecule has 0 radical (unpaired) electrons. The lowest BCUT2D eigenvalue weighted by molar-refractivity contribution is -0.132. The largest absolute Gasteiger partial charge is 0.373 e. The number of fused-ring (bicyclic) bond motifs is 1. The highest BCUT2D eigenvalue weighted by atomic mass is 32.2. The summed E-state index contributed by atoms with van der Waals surface area (Å²) in [5, 5.41) is 2.32. The second-order valence-corrected chi connectivity index (χ2v) is 9.81. The maximum atomic E-state index is 12.7. The van der Waals surface area contributed by atoms with E-state index >= 15 is 0 Å². The molecular formula is C21H26N2O4S. The lowest BCUT2D eigenvalue weighted by Crippen LogP contribution is -2.52. The fourth-order valence-electron chi connectivity index (χ4n) is 4.30. The minimum absolute atomic E-state index is 0.0929. The molecule has 4 rings (SSSR count). The van der Waals surface area contributed by atoms with Gasteiger partial charge in [-0.15, -0.1) is 0 Å². The van der Waals surface area contributed by atoms with Gasteiger partial charge in [0.2, 0.25) is 15.9 Å². The van der Waals surface area contributed by atoms with Gasteiger partial charge >= 0.3 is 0 Å². The van der Waals surface area contributed by atoms with Crippen LogP contribution in [-0.4, -0.2) is 61.6 Å². The second-order valence-electron chi connectivity index (χ2n) is 7.83. The number of carbonyl (C=O) groups excluding carboxylic acids is 1. The summed E-state index contributed by atoms with van der Waals surface area (Å²) in [6, 6.07) is 14.4. The molecule has 6 nitrogen and oxygen atoms in total. The van der Waals surface area contributed by atoms with Crippen LogP contribution in [-0.2, 0) is 26.1 Å². The van der Waals surface area contributed by atoms with Crippen molar-refractivity contribution in [1.82, 2.24) is 9.21 Å². The number of sulfonamides is 1. The molecular weight excluding hydrogens is 376 g/mol. The Morgan fingerprint density at radius 1 is 1.07 bits per heavy atom. The fraction of sp³-hybridized carbons (Fsp3) is 0.476. The van der Waals surface area contributed by atoms with Crippen LogP contribution in [0.1, 0.15) is 24.8 Å². The van der Waals surface area contributed by atoms with Gasteiger partial charge in [0, 0.05) is 19.6 Å². The van der Waals surface area contributed by atoms with Crippen LogP contribution >= 0.6 is 0 Å². The Labute approximate surface area is 166 Å². The summed E-state index contributed by atoms with van der Waals surface area (Å²) in [7, 11) is -3.19. The molecule has 150 valence electrons. The van der Waals surface area contributed by atoms with Crippen LogP contribution in [0.4, 0.5) is 0 Å². The Bertz CT molecular complexity index is 976. The minimum Gasteiger partial charge on any atom is -0.373 e. The highest BCUT2D eigenvalue weighted by molar-refractivity contribution is 7.88. The average molecular weight is 403 g/mol. The average Bonchev–Trinajstić information content (AvgIpc) is 2.81. The standard InChI is InChI=1S/C21H26N2O4S/c1-28(25,26)23-12-10-21(11-13-23)16-22(20(24)9-14-27-21)15-18-7-4-6-17-5-2-3-8-19(17)18/h2-8H,9-16H2,1H3. The Morgan fingerprint density at radius 2 is 1.79 bits per heavy atom. The van der Waals surface area contributed by atoms with Gasteiger partial charge in [-0.3, -0.25) is 4.79 Å². The summed E-state index contributed by atoms with van der Waals surface area (Å²) in [6.07, 6.45) is 2.83. The summed E-state index contributed by atoms with van der Waals surface area (Å²) in [4.78, 5) is 14.6. The lowest BCUT2D eigenvalue weighted by atomic mass is 9.91. The van der Waals surface area contributed by atoms with Crippen molar-refractivity contribution in [3.63, 3.8) is 0 Å². The van der Waals surface area contributed by atoms with Crippen LogP contribution in [0.25, 0.3) is 10.8 Å². The summed E-state index contributed by atoms with van der Waals surface area (Å²) < 4.78 is 31.3. The van der Waals surface area contributed by atoms with Gasteiger partial charge in [0.05, 0.1) is 31.4 Å². The smallest absolute Gasteiger partial charge is 0.225 e. The number of benzene rings is 2. The fourth-order valence-corrected chi connectivity index (χ4v) is 5.15. The van der Waals surface area contributed by atoms with Crippen molar-refractivity contribution in [2.45, 2.75) is 31.4 Å². The molecule has 0 aliphatic carbocycles. The zero-order valence-corrected chi connectivity index (χ0v) is 17.0. The van der Waals surface area contributed by atoms with Crippen LogP contribution < -0.4 is 0 Å². The summed E-state index contributed by atoms with van der Waals surface area (Å²) in [6.45, 7) is 2.32. The molecule has 0 atom stereocenters. The predicted molar refractivity (Wildman–Crippen MR) is 108 cm³/mol. The van der Waals surface area contributed by atoms with E-state index in [1.54, 1.807) is 0 Å². The van der Waals surface area contributed by atoms with Gasteiger partial charge in [0.25, 0.3) is 0 Å². The molecule has 1 amide bonds. The molecule has 2 saturated heterocycles. The molecule has 0 bridgehead atoms. The predicted octanol–water partition coefficient (Wildman–Crippen LogP) is 2.38. The molecule has 0 unspecified atom stereocenters. The van der Waals surface area contributed by atoms with E-state index in [-0.39, 0.29) is 5.91 Å². The highest BCUT2D eigenvalue weighted by Gasteiger charge is 2.41. The Kier molecular flexibility index (Phi) is 5.16. The summed E-state index contributed by atoms with van der Waals surface area (Å²) in [5.74, 6) is 0.0929. The van der Waals surface area contributed by atoms with E-state index in [1.807, 2.05) is 23.1 Å². The molecule has 28 heavy (non-hydrogen) atoms. The number of nitrogens with zero attached hydrogens (tertiary/aromatic N) is 2. The van der Waals surface area contributed by atoms with Crippen LogP contribution in [0.2, 0.25) is 0 Å². The van der Waals surface area contributed by atoms with Crippen molar-refractivity contribution in [1.29, 1.82) is 0 Å². The third-order valence-corrected chi connectivity index (χ3v) is 7.20. The van der Waals surface area contributed by atoms with Crippen molar-refractivity contribution in [3.8, 4) is 0 Å². The molecule has 2 aliphatic heterocycles. The lowest BCUT2D eigenvalue weighted by Gasteiger charge is -2.41. The van der Waals surface area contributed by atoms with Crippen molar-refractivity contribution in [2.24, 2.45) is 0 Å². The number of piperidine rings is 1. The SMILES string of the molecule is CS(=O)(=O)N1CCC2(CC1)CN(Cc1cccc3ccccc13)C(=O)CCO2. The van der Waals surface area contributed by atoms with Gasteiger partial charge in [0.1, 0.15) is 0 Å². The maximum Gasteiger partial charge on any atom is 0.225 e. The monoisotopic (exact) mass is 402 g/mol. The van der Waals surface area contributed by atoms with Crippen molar-refractivity contribution < 1.29 is 17.9 Å². The van der Waals surface area contributed by atoms with Crippen molar-refractivity contribution >= 4 is 26.7 Å². The van der Waals surface area contributed by atoms with E-state index in [0.717, 1.165) is 16.3 Å². The zero-order valence-electron chi connectivity index (χ0n) is 16.1. The second kappa shape index (κ2) is 7.46. The molecule has 7 heteroatoms. The number of rotatable bonds is 3. The van der Waals surface area contributed by atoms with Gasteiger partial charge < -0.3 is 9.64 Å². The van der Waals surface area contributed by atoms with Gasteiger partial charge in [-0.1, -0.05) is 42.5 Å². The first-order valence-corrected chi connectivity index (χ1v) is 11.5. The van der Waals surface area contributed by atoms with Crippen LogP contribution in [0.5, 0.6) is 0 Å². The summed E-state index contributed by atoms with van der Waals surface area (Å²) >= 11 is 0. The Balaban J connectivity index is 1.56. The van der Waals surface area contributed by atoms with Gasteiger partial charge in [-0.25, -0.2) is 12.7 Å². The van der Waals surface area contributed by atoms with E-state index in [9.17, 15) is 13.2 Å². The van der Waals surface area contributed by atoms with Crippen molar-refractivity contribution in [2.75, 3.05) is 32.5 Å². The molecule has 0 saturated carbocycles. The third kappa shape index (κ3) is 3.92. The third-order valence-electron chi connectivity index (χ3n) is 5.90. The van der Waals surface area contributed by atoms with Crippen LogP contribution in [0.15, 0.2) is 42.5 Å². The first-order valence-electron chi connectivity index (χ1n) is 9.70. The molecule has 2 aromatic carbocycles. The number of amides is 1. The van der Waals surface area contributed by atoms with Crippen LogP contribution in [0, 0.1) is 0 Å².